The maximum Gasteiger partial charge on any atom is 0.220 e. The minimum Gasteiger partial charge on any atom is -0.368 e. The van der Waals surface area contributed by atoms with Gasteiger partial charge in [0.05, 0.1) is 5.69 Å². The number of nitrogens with one attached hydrogen (secondary N) is 1. The molecule has 0 unspecified atom stereocenters. The van der Waals surface area contributed by atoms with Crippen LogP contribution in [0.25, 0.3) is 42.8 Å². The Hall–Kier alpha value is -3.25. The molecule has 0 saturated carbocycles. The predicted octanol–water partition coefficient (Wildman–Crippen LogP) is 4.48. The molecule has 5 nitrogen and oxygen atoms in total. The van der Waals surface area contributed by atoms with Crippen molar-refractivity contribution in [1.29, 1.82) is 0 Å². The highest BCUT2D eigenvalue weighted by Gasteiger charge is 2.12. The topological polar surface area (TPSA) is 80.5 Å². The van der Waals surface area contributed by atoms with E-state index in [-0.39, 0.29) is 5.95 Å². The van der Waals surface area contributed by atoms with Crippen molar-refractivity contribution in [3.63, 3.8) is 0 Å². The molecule has 120 valence electrons. The van der Waals surface area contributed by atoms with Crippen molar-refractivity contribution in [3.8, 4) is 21.7 Å². The van der Waals surface area contributed by atoms with E-state index in [9.17, 15) is 0 Å². The molecule has 0 spiro atoms. The number of H-pyrrole nitrogens is 1. The molecule has 1 aromatic carbocycles. The molecule has 0 saturated heterocycles. The number of hydrogen-bond donors (Lipinski definition) is 2. The van der Waals surface area contributed by atoms with Crippen molar-refractivity contribution < 1.29 is 0 Å². The van der Waals surface area contributed by atoms with E-state index in [1.54, 1.807) is 17.5 Å². The second kappa shape index (κ2) is 5.39. The summed E-state index contributed by atoms with van der Waals surface area (Å²) >= 11 is 1.77. The lowest BCUT2D eigenvalue weighted by Crippen LogP contribution is -1.94. The smallest absolute Gasteiger partial charge is 0.220 e. The predicted molar refractivity (Wildman–Crippen MR) is 102 cm³/mol. The number of nitrogen functional groups attached to an aromatic ring is 1. The first kappa shape index (κ1) is 14.1. The molecule has 0 atom stereocenters. The highest BCUT2D eigenvalue weighted by molar-refractivity contribution is 7.22. The number of aromatic nitrogens is 4. The summed E-state index contributed by atoms with van der Waals surface area (Å²) in [6.07, 6.45) is 5.48. The molecule has 0 bridgehead atoms. The number of aromatic amines is 1. The third kappa shape index (κ3) is 2.35. The Balaban J connectivity index is 1.69. The molecule has 3 N–H and O–H groups in total. The molecule has 4 aromatic heterocycles. The molecule has 0 aliphatic carbocycles. The van der Waals surface area contributed by atoms with Gasteiger partial charge < -0.3 is 10.7 Å². The number of benzene rings is 1. The van der Waals surface area contributed by atoms with Gasteiger partial charge >= 0.3 is 0 Å². The van der Waals surface area contributed by atoms with Gasteiger partial charge in [0.2, 0.25) is 5.95 Å². The fourth-order valence-corrected chi connectivity index (χ4v) is 4.04. The number of rotatable bonds is 2. The van der Waals surface area contributed by atoms with Crippen molar-refractivity contribution in [2.75, 3.05) is 5.73 Å². The second-order valence-electron chi connectivity index (χ2n) is 5.77. The van der Waals surface area contributed by atoms with Gasteiger partial charge in [-0.2, -0.15) is 0 Å². The van der Waals surface area contributed by atoms with E-state index >= 15 is 0 Å². The highest BCUT2D eigenvalue weighted by atomic mass is 32.1. The van der Waals surface area contributed by atoms with Crippen LogP contribution in [0.3, 0.4) is 0 Å². The van der Waals surface area contributed by atoms with E-state index in [4.69, 9.17) is 5.73 Å². The first-order valence-electron chi connectivity index (χ1n) is 7.83. The zero-order chi connectivity index (χ0) is 16.8. The quantitative estimate of drug-likeness (QED) is 0.495. The maximum absolute atomic E-state index is 5.73. The van der Waals surface area contributed by atoms with Crippen molar-refractivity contribution in [3.05, 3.63) is 61.1 Å². The van der Waals surface area contributed by atoms with E-state index in [0.717, 1.165) is 27.9 Å². The molecule has 0 aliphatic rings. The first-order valence-corrected chi connectivity index (χ1v) is 8.64. The average molecular weight is 343 g/mol. The summed E-state index contributed by atoms with van der Waals surface area (Å²) < 4.78 is 1.27. The van der Waals surface area contributed by atoms with E-state index in [0.29, 0.717) is 0 Å². The average Bonchev–Trinajstić information content (AvgIpc) is 3.25. The summed E-state index contributed by atoms with van der Waals surface area (Å²) in [7, 11) is 0. The Bertz CT molecular complexity index is 1190. The van der Waals surface area contributed by atoms with Crippen LogP contribution in [0.15, 0.2) is 61.1 Å². The molecule has 25 heavy (non-hydrogen) atoms. The zero-order valence-electron chi connectivity index (χ0n) is 13.1. The van der Waals surface area contributed by atoms with Crippen molar-refractivity contribution in [1.82, 2.24) is 19.9 Å². The van der Waals surface area contributed by atoms with Crippen LogP contribution in [-0.4, -0.2) is 19.9 Å². The lowest BCUT2D eigenvalue weighted by atomic mass is 10.1. The normalized spacial score (nSPS) is 11.4. The fourth-order valence-electron chi connectivity index (χ4n) is 3.00. The van der Waals surface area contributed by atoms with Gasteiger partial charge in [0.15, 0.2) is 0 Å². The Labute approximate surface area is 147 Å². The van der Waals surface area contributed by atoms with Crippen LogP contribution in [0.2, 0.25) is 0 Å². The fraction of sp³-hybridized carbons (Fsp3) is 0. The standard InChI is InChI=1S/C19H13N5S/c20-19-21-6-5-15(24-19)14-10-23-18-13(14)7-12(9-22-18)17-8-11-3-1-2-4-16(11)25-17/h1-10H,(H,22,23)(H2,20,21,24). The monoisotopic (exact) mass is 343 g/mol. The summed E-state index contributed by atoms with van der Waals surface area (Å²) in [6, 6.07) is 14.6. The molecular formula is C19H13N5S. The van der Waals surface area contributed by atoms with Crippen molar-refractivity contribution >= 4 is 38.4 Å². The Morgan fingerprint density at radius 3 is 2.84 bits per heavy atom. The number of nitrogens with zero attached hydrogens (tertiary/aromatic N) is 3. The van der Waals surface area contributed by atoms with Gasteiger partial charge in [-0.05, 0) is 29.7 Å². The third-order valence-corrected chi connectivity index (χ3v) is 5.36. The highest BCUT2D eigenvalue weighted by Crippen LogP contribution is 2.35. The van der Waals surface area contributed by atoms with Gasteiger partial charge in [-0.25, -0.2) is 15.0 Å². The second-order valence-corrected chi connectivity index (χ2v) is 6.85. The molecule has 5 rings (SSSR count). The minimum absolute atomic E-state index is 0.264. The van der Waals surface area contributed by atoms with Crippen LogP contribution in [0.1, 0.15) is 0 Å². The number of pyridine rings is 1. The molecule has 0 fully saturated rings. The summed E-state index contributed by atoms with van der Waals surface area (Å²) in [6.45, 7) is 0. The summed E-state index contributed by atoms with van der Waals surface area (Å²) in [4.78, 5) is 17.3. The van der Waals surface area contributed by atoms with E-state index in [1.807, 2.05) is 18.5 Å². The summed E-state index contributed by atoms with van der Waals surface area (Å²) in [5.41, 5.74) is 9.41. The van der Waals surface area contributed by atoms with Crippen LogP contribution in [0.5, 0.6) is 0 Å². The summed E-state index contributed by atoms with van der Waals surface area (Å²) in [5.74, 6) is 0.264. The Morgan fingerprint density at radius 1 is 1.04 bits per heavy atom. The number of fused-ring (bicyclic) bond motifs is 2. The van der Waals surface area contributed by atoms with Crippen molar-refractivity contribution in [2.24, 2.45) is 0 Å². The third-order valence-electron chi connectivity index (χ3n) is 4.19. The van der Waals surface area contributed by atoms with Crippen LogP contribution in [0.4, 0.5) is 5.95 Å². The Morgan fingerprint density at radius 2 is 1.96 bits per heavy atom. The molecule has 4 heterocycles. The van der Waals surface area contributed by atoms with Gasteiger partial charge in [0.25, 0.3) is 0 Å². The van der Waals surface area contributed by atoms with Crippen molar-refractivity contribution in [2.45, 2.75) is 0 Å². The number of anilines is 1. The molecule has 0 amide bonds. The van der Waals surface area contributed by atoms with Crippen LogP contribution < -0.4 is 5.73 Å². The number of nitrogens with two attached hydrogens (primary N) is 1. The zero-order valence-corrected chi connectivity index (χ0v) is 13.9. The molecule has 6 heteroatoms. The molecule has 0 aliphatic heterocycles. The maximum atomic E-state index is 5.73. The van der Waals surface area contributed by atoms with Crippen LogP contribution in [0, 0.1) is 0 Å². The Kier molecular flexibility index (Phi) is 3.05. The van der Waals surface area contributed by atoms with Crippen LogP contribution in [-0.2, 0) is 0 Å². The first-order chi connectivity index (χ1) is 12.3. The number of hydrogen-bond acceptors (Lipinski definition) is 5. The lowest BCUT2D eigenvalue weighted by molar-refractivity contribution is 1.19. The minimum atomic E-state index is 0.264. The summed E-state index contributed by atoms with van der Waals surface area (Å²) in [5, 5.41) is 2.27. The van der Waals surface area contributed by atoms with Crippen LogP contribution >= 0.6 is 11.3 Å². The molecule has 0 radical (unpaired) electrons. The van der Waals surface area contributed by atoms with E-state index in [1.165, 1.54) is 15.0 Å². The number of thiophene rings is 1. The van der Waals surface area contributed by atoms with Gasteiger partial charge in [0.1, 0.15) is 5.65 Å². The van der Waals surface area contributed by atoms with E-state index in [2.05, 4.69) is 56.3 Å². The largest absolute Gasteiger partial charge is 0.368 e. The van der Waals surface area contributed by atoms with Gasteiger partial charge in [0, 0.05) is 44.7 Å². The molecule has 5 aromatic rings. The van der Waals surface area contributed by atoms with E-state index < -0.39 is 0 Å². The van der Waals surface area contributed by atoms with Gasteiger partial charge in [-0.3, -0.25) is 0 Å². The SMILES string of the molecule is Nc1nccc(-c2c[nH]c3ncc(-c4cc5ccccc5s4)cc23)n1. The van der Waals surface area contributed by atoms with Gasteiger partial charge in [-0.1, -0.05) is 18.2 Å². The van der Waals surface area contributed by atoms with Gasteiger partial charge in [-0.15, -0.1) is 11.3 Å². The molecular weight excluding hydrogens is 330 g/mol. The lowest BCUT2D eigenvalue weighted by Gasteiger charge is -2.01.